The van der Waals surface area contributed by atoms with Crippen LogP contribution in [0, 0.1) is 12.7 Å². The normalized spacial score (nSPS) is 15.2. The van der Waals surface area contributed by atoms with Crippen LogP contribution in [0.4, 0.5) is 23.2 Å². The summed E-state index contributed by atoms with van der Waals surface area (Å²) in [4.78, 5) is 31.0. The molecule has 0 amide bonds. The van der Waals surface area contributed by atoms with Crippen LogP contribution in [0.5, 0.6) is 0 Å². The van der Waals surface area contributed by atoms with Gasteiger partial charge in [0.15, 0.2) is 0 Å². The van der Waals surface area contributed by atoms with Crippen LogP contribution in [0.2, 0.25) is 0 Å². The van der Waals surface area contributed by atoms with Crippen molar-refractivity contribution >= 4 is 5.69 Å². The fourth-order valence-electron chi connectivity index (χ4n) is 3.99. The second-order valence-electron chi connectivity index (χ2n) is 7.90. The van der Waals surface area contributed by atoms with Gasteiger partial charge in [0.05, 0.1) is 13.1 Å². The third kappa shape index (κ3) is 4.87. The molecular weight excluding hydrogens is 444 g/mol. The number of benzene rings is 1. The van der Waals surface area contributed by atoms with Gasteiger partial charge in [-0.15, -0.1) is 0 Å². The lowest BCUT2D eigenvalue weighted by atomic mass is 10.2. The molecule has 0 aliphatic carbocycles. The second kappa shape index (κ2) is 8.89. The minimum atomic E-state index is -4.53. The number of hydrogen-bond acceptors (Lipinski definition) is 5. The Balaban J connectivity index is 1.49. The Bertz CT molecular complexity index is 1250. The van der Waals surface area contributed by atoms with Crippen LogP contribution in [0.25, 0.3) is 0 Å². The van der Waals surface area contributed by atoms with Crippen molar-refractivity contribution in [3.8, 4) is 0 Å². The van der Waals surface area contributed by atoms with Crippen molar-refractivity contribution in [2.45, 2.75) is 26.2 Å². The maximum absolute atomic E-state index is 14.1. The molecule has 7 nitrogen and oxygen atoms in total. The molecule has 1 fully saturated rings. The van der Waals surface area contributed by atoms with Crippen molar-refractivity contribution in [2.24, 2.45) is 0 Å². The van der Waals surface area contributed by atoms with Gasteiger partial charge < -0.3 is 9.32 Å². The fraction of sp³-hybridized carbons (Fsp3) is 0.364. The topological polar surface area (TPSA) is 74.5 Å². The molecule has 1 N–H and O–H groups in total. The number of furan rings is 1. The first-order valence-corrected chi connectivity index (χ1v) is 10.3. The number of H-pyrrole nitrogens is 1. The zero-order valence-corrected chi connectivity index (χ0v) is 17.8. The Hall–Kier alpha value is -3.34. The van der Waals surface area contributed by atoms with Crippen molar-refractivity contribution < 1.29 is 22.0 Å². The van der Waals surface area contributed by atoms with Gasteiger partial charge in [-0.05, 0) is 25.1 Å². The minimum Gasteiger partial charge on any atom is -0.455 e. The van der Waals surface area contributed by atoms with Crippen LogP contribution < -0.4 is 16.1 Å². The van der Waals surface area contributed by atoms with Gasteiger partial charge in [0.25, 0.3) is 5.56 Å². The number of anilines is 1. The smallest absolute Gasteiger partial charge is 0.449 e. The molecule has 0 unspecified atom stereocenters. The predicted molar refractivity (Wildman–Crippen MR) is 113 cm³/mol. The molecule has 1 aliphatic rings. The number of aromatic amines is 1. The highest BCUT2D eigenvalue weighted by atomic mass is 19.4. The number of hydrogen-bond donors (Lipinski definition) is 1. The molecule has 0 radical (unpaired) electrons. The van der Waals surface area contributed by atoms with Crippen molar-refractivity contribution in [3.05, 3.63) is 85.8 Å². The molecule has 176 valence electrons. The van der Waals surface area contributed by atoms with Gasteiger partial charge >= 0.3 is 11.9 Å². The average Bonchev–Trinajstić information content (AvgIpc) is 3.22. The fourth-order valence-corrected chi connectivity index (χ4v) is 3.99. The number of aromatic nitrogens is 2. The first-order chi connectivity index (χ1) is 15.6. The highest BCUT2D eigenvalue weighted by Gasteiger charge is 2.35. The maximum atomic E-state index is 14.1. The van der Waals surface area contributed by atoms with Crippen LogP contribution in [0.15, 0.2) is 50.4 Å². The lowest BCUT2D eigenvalue weighted by Crippen LogP contribution is -2.49. The first kappa shape index (κ1) is 22.8. The van der Waals surface area contributed by atoms with E-state index in [4.69, 9.17) is 4.42 Å². The Kier molecular flexibility index (Phi) is 6.15. The van der Waals surface area contributed by atoms with Gasteiger partial charge in [-0.3, -0.25) is 19.2 Å². The zero-order valence-electron chi connectivity index (χ0n) is 17.8. The summed E-state index contributed by atoms with van der Waals surface area (Å²) < 4.78 is 58.5. The lowest BCUT2D eigenvalue weighted by Gasteiger charge is -2.36. The zero-order chi connectivity index (χ0) is 23.8. The monoisotopic (exact) mass is 466 g/mol. The van der Waals surface area contributed by atoms with Crippen LogP contribution in [-0.2, 0) is 19.3 Å². The van der Waals surface area contributed by atoms with Gasteiger partial charge in [0, 0.05) is 37.4 Å². The standard InChI is InChI=1S/C22H22F4N4O3/c1-14-19(20(31)27-21(32)30(14)12-15-4-2-3-5-17(15)23)29-10-8-28(9-11-29)13-16-6-7-18(33-16)22(24,25)26/h2-7H,8-13H2,1H3,(H,27,31,32). The predicted octanol–water partition coefficient (Wildman–Crippen LogP) is 2.97. The molecule has 1 saturated heterocycles. The van der Waals surface area contributed by atoms with E-state index < -0.39 is 29.0 Å². The van der Waals surface area contributed by atoms with Gasteiger partial charge in [-0.2, -0.15) is 13.2 Å². The highest BCUT2D eigenvalue weighted by Crippen LogP contribution is 2.31. The summed E-state index contributed by atoms with van der Waals surface area (Å²) in [6.07, 6.45) is -4.53. The van der Waals surface area contributed by atoms with E-state index in [0.717, 1.165) is 6.07 Å². The van der Waals surface area contributed by atoms with Crippen molar-refractivity contribution in [2.75, 3.05) is 31.1 Å². The van der Waals surface area contributed by atoms with Crippen LogP contribution in [0.3, 0.4) is 0 Å². The molecular formula is C22H22F4N4O3. The molecule has 0 saturated carbocycles. The summed E-state index contributed by atoms with van der Waals surface area (Å²) >= 11 is 0. The highest BCUT2D eigenvalue weighted by molar-refractivity contribution is 5.49. The number of nitrogens with one attached hydrogen (secondary N) is 1. The van der Waals surface area contributed by atoms with Crippen LogP contribution in [0.1, 0.15) is 22.8 Å². The van der Waals surface area contributed by atoms with E-state index in [1.807, 2.05) is 9.80 Å². The average molecular weight is 466 g/mol. The van der Waals surface area contributed by atoms with E-state index in [0.29, 0.717) is 43.1 Å². The van der Waals surface area contributed by atoms with Gasteiger partial charge in [-0.25, -0.2) is 9.18 Å². The first-order valence-electron chi connectivity index (χ1n) is 10.3. The van der Waals surface area contributed by atoms with Crippen molar-refractivity contribution in [1.29, 1.82) is 0 Å². The quantitative estimate of drug-likeness (QED) is 0.586. The van der Waals surface area contributed by atoms with E-state index in [1.54, 1.807) is 25.1 Å². The number of alkyl halides is 3. The molecule has 11 heteroatoms. The summed E-state index contributed by atoms with van der Waals surface area (Å²) in [5, 5.41) is 0. The molecule has 33 heavy (non-hydrogen) atoms. The molecule has 3 heterocycles. The summed E-state index contributed by atoms with van der Waals surface area (Å²) in [7, 11) is 0. The van der Waals surface area contributed by atoms with E-state index >= 15 is 0 Å². The third-order valence-electron chi connectivity index (χ3n) is 5.72. The van der Waals surface area contributed by atoms with Gasteiger partial charge in [0.1, 0.15) is 17.3 Å². The van der Waals surface area contributed by atoms with Crippen molar-refractivity contribution in [1.82, 2.24) is 14.5 Å². The molecule has 1 aliphatic heterocycles. The minimum absolute atomic E-state index is 0.0267. The maximum Gasteiger partial charge on any atom is 0.449 e. The van der Waals surface area contributed by atoms with E-state index in [-0.39, 0.29) is 18.8 Å². The Morgan fingerprint density at radius 2 is 1.70 bits per heavy atom. The lowest BCUT2D eigenvalue weighted by molar-refractivity contribution is -0.153. The van der Waals surface area contributed by atoms with Crippen LogP contribution in [-0.4, -0.2) is 40.6 Å². The Morgan fingerprint density at radius 3 is 2.33 bits per heavy atom. The van der Waals surface area contributed by atoms with E-state index in [9.17, 15) is 27.2 Å². The number of halogens is 4. The van der Waals surface area contributed by atoms with Gasteiger partial charge in [-0.1, -0.05) is 18.2 Å². The molecule has 3 aromatic rings. The SMILES string of the molecule is Cc1c(N2CCN(Cc3ccc(C(F)(F)F)o3)CC2)c(=O)[nH]c(=O)n1Cc1ccccc1F. The molecule has 0 bridgehead atoms. The molecule has 2 aromatic heterocycles. The number of piperazine rings is 1. The van der Waals surface area contributed by atoms with E-state index in [1.165, 1.54) is 16.7 Å². The molecule has 0 atom stereocenters. The summed E-state index contributed by atoms with van der Waals surface area (Å²) in [6.45, 7) is 3.64. The molecule has 1 aromatic carbocycles. The summed E-state index contributed by atoms with van der Waals surface area (Å²) in [6, 6.07) is 8.32. The largest absolute Gasteiger partial charge is 0.455 e. The number of rotatable bonds is 5. The third-order valence-corrected chi connectivity index (χ3v) is 5.72. The Labute approximate surface area is 185 Å². The van der Waals surface area contributed by atoms with Crippen LogP contribution >= 0.6 is 0 Å². The molecule has 0 spiro atoms. The van der Waals surface area contributed by atoms with Crippen molar-refractivity contribution in [3.63, 3.8) is 0 Å². The molecule has 4 rings (SSSR count). The van der Waals surface area contributed by atoms with Gasteiger partial charge in [0.2, 0.25) is 5.76 Å². The number of nitrogens with zero attached hydrogens (tertiary/aromatic N) is 3. The Morgan fingerprint density at radius 1 is 1.00 bits per heavy atom. The summed E-state index contributed by atoms with van der Waals surface area (Å²) in [5.74, 6) is -1.27. The second-order valence-corrected chi connectivity index (χ2v) is 7.90. The summed E-state index contributed by atoms with van der Waals surface area (Å²) in [5.41, 5.74) is -0.0931. The van der Waals surface area contributed by atoms with E-state index in [2.05, 4.69) is 4.98 Å².